The van der Waals surface area contributed by atoms with Crippen molar-refractivity contribution in [1.82, 2.24) is 15.2 Å². The van der Waals surface area contributed by atoms with Crippen LogP contribution >= 0.6 is 0 Å². The van der Waals surface area contributed by atoms with Crippen LogP contribution in [0, 0.1) is 0 Å². The average molecular weight is 189 g/mol. The monoisotopic (exact) mass is 189 g/mol. The maximum atomic E-state index is 10.4. The minimum Gasteiger partial charge on any atom is -0.303 e. The Bertz CT molecular complexity index is 449. The molecule has 0 fully saturated rings. The molecule has 2 aromatic rings. The second-order valence-electron chi connectivity index (χ2n) is 3.31. The Morgan fingerprint density at radius 1 is 1.64 bits per heavy atom. The minimum absolute atomic E-state index is 0.144. The first-order valence-corrected chi connectivity index (χ1v) is 4.55. The van der Waals surface area contributed by atoms with Gasteiger partial charge in [0.15, 0.2) is 5.65 Å². The summed E-state index contributed by atoms with van der Waals surface area (Å²) in [7, 11) is 0. The lowest BCUT2D eigenvalue weighted by Crippen LogP contribution is -1.95. The van der Waals surface area contributed by atoms with E-state index in [4.69, 9.17) is 0 Å². The molecular weight excluding hydrogens is 178 g/mol. The molecule has 2 rings (SSSR count). The number of H-pyrrole nitrogens is 1. The first-order chi connectivity index (χ1) is 6.83. The molecule has 0 aromatic carbocycles. The molecule has 4 heteroatoms. The van der Waals surface area contributed by atoms with E-state index in [-0.39, 0.29) is 5.92 Å². The molecular formula is C10H11N3O. The van der Waals surface area contributed by atoms with Gasteiger partial charge < -0.3 is 4.79 Å². The fourth-order valence-corrected chi connectivity index (χ4v) is 1.51. The molecule has 0 aliphatic carbocycles. The van der Waals surface area contributed by atoms with Gasteiger partial charge in [-0.1, -0.05) is 6.92 Å². The van der Waals surface area contributed by atoms with Gasteiger partial charge in [-0.05, 0) is 12.1 Å². The van der Waals surface area contributed by atoms with Crippen LogP contribution in [0.1, 0.15) is 25.0 Å². The summed E-state index contributed by atoms with van der Waals surface area (Å²) in [5.74, 6) is 0.144. The van der Waals surface area contributed by atoms with Crippen molar-refractivity contribution in [1.29, 1.82) is 0 Å². The summed E-state index contributed by atoms with van der Waals surface area (Å²) in [6, 6.07) is 3.83. The zero-order valence-electron chi connectivity index (χ0n) is 7.90. The summed E-state index contributed by atoms with van der Waals surface area (Å²) in [5, 5.41) is 8.02. The second-order valence-corrected chi connectivity index (χ2v) is 3.31. The van der Waals surface area contributed by atoms with E-state index in [9.17, 15) is 4.79 Å². The van der Waals surface area contributed by atoms with Gasteiger partial charge in [0.2, 0.25) is 0 Å². The van der Waals surface area contributed by atoms with Gasteiger partial charge in [0.05, 0.1) is 5.69 Å². The number of rotatable bonds is 3. The highest BCUT2D eigenvalue weighted by molar-refractivity contribution is 5.78. The van der Waals surface area contributed by atoms with Crippen LogP contribution < -0.4 is 0 Å². The molecule has 2 aromatic heterocycles. The normalized spacial score (nSPS) is 12.9. The SMILES string of the molecule is CC(CC=O)c1n[nH]c2ncccc12. The molecule has 72 valence electrons. The van der Waals surface area contributed by atoms with Crippen LogP contribution in [0.3, 0.4) is 0 Å². The predicted molar refractivity (Wildman–Crippen MR) is 53.0 cm³/mol. The average Bonchev–Trinajstić information content (AvgIpc) is 2.61. The lowest BCUT2D eigenvalue weighted by molar-refractivity contribution is -0.108. The Morgan fingerprint density at radius 3 is 3.29 bits per heavy atom. The number of nitrogens with zero attached hydrogens (tertiary/aromatic N) is 2. The van der Waals surface area contributed by atoms with Crippen LogP contribution in [0.25, 0.3) is 11.0 Å². The summed E-state index contributed by atoms with van der Waals surface area (Å²) in [6.07, 6.45) is 3.13. The number of aldehydes is 1. The Hall–Kier alpha value is -1.71. The summed E-state index contributed by atoms with van der Waals surface area (Å²) >= 11 is 0. The predicted octanol–water partition coefficient (Wildman–Crippen LogP) is 1.65. The second kappa shape index (κ2) is 3.57. The first kappa shape index (κ1) is 8.87. The Balaban J connectivity index is 2.47. The lowest BCUT2D eigenvalue weighted by Gasteiger charge is -2.02. The van der Waals surface area contributed by atoms with Crippen LogP contribution in [0.4, 0.5) is 0 Å². The molecule has 0 amide bonds. The number of nitrogens with one attached hydrogen (secondary N) is 1. The lowest BCUT2D eigenvalue weighted by atomic mass is 10.0. The summed E-state index contributed by atoms with van der Waals surface area (Å²) in [5.41, 5.74) is 1.69. The van der Waals surface area contributed by atoms with Gasteiger partial charge >= 0.3 is 0 Å². The Labute approximate surface area is 81.4 Å². The van der Waals surface area contributed by atoms with Gasteiger partial charge in [0.1, 0.15) is 6.29 Å². The molecule has 1 N–H and O–H groups in total. The number of aromatic nitrogens is 3. The Kier molecular flexibility index (Phi) is 2.26. The highest BCUT2D eigenvalue weighted by atomic mass is 16.1. The van der Waals surface area contributed by atoms with Crippen LogP contribution in [-0.4, -0.2) is 21.5 Å². The van der Waals surface area contributed by atoms with Gasteiger partial charge in [-0.15, -0.1) is 0 Å². The molecule has 1 unspecified atom stereocenters. The van der Waals surface area contributed by atoms with Crippen molar-refractivity contribution in [3.63, 3.8) is 0 Å². The number of carbonyl (C=O) groups is 1. The van der Waals surface area contributed by atoms with E-state index in [1.807, 2.05) is 19.1 Å². The fourth-order valence-electron chi connectivity index (χ4n) is 1.51. The number of carbonyl (C=O) groups excluding carboxylic acids is 1. The third-order valence-corrected chi connectivity index (χ3v) is 2.28. The summed E-state index contributed by atoms with van der Waals surface area (Å²) in [6.45, 7) is 1.98. The van der Waals surface area contributed by atoms with Crippen molar-refractivity contribution in [2.75, 3.05) is 0 Å². The van der Waals surface area contributed by atoms with E-state index in [0.717, 1.165) is 23.0 Å². The van der Waals surface area contributed by atoms with Crippen LogP contribution in [-0.2, 0) is 4.79 Å². The van der Waals surface area contributed by atoms with Crippen molar-refractivity contribution in [3.8, 4) is 0 Å². The molecule has 0 radical (unpaired) electrons. The molecule has 0 aliphatic heterocycles. The minimum atomic E-state index is 0.144. The quantitative estimate of drug-likeness (QED) is 0.747. The Morgan fingerprint density at radius 2 is 2.50 bits per heavy atom. The van der Waals surface area contributed by atoms with Gasteiger partial charge in [-0.3, -0.25) is 5.10 Å². The largest absolute Gasteiger partial charge is 0.303 e. The van der Waals surface area contributed by atoms with Gasteiger partial charge in [0, 0.05) is 23.9 Å². The molecule has 2 heterocycles. The number of hydrogen-bond acceptors (Lipinski definition) is 3. The number of pyridine rings is 1. The molecule has 0 aliphatic rings. The summed E-state index contributed by atoms with van der Waals surface area (Å²) < 4.78 is 0. The molecule has 1 atom stereocenters. The molecule has 0 spiro atoms. The third kappa shape index (κ3) is 1.39. The molecule has 0 saturated carbocycles. The summed E-state index contributed by atoms with van der Waals surface area (Å²) in [4.78, 5) is 14.5. The van der Waals surface area contributed by atoms with Crippen LogP contribution in [0.15, 0.2) is 18.3 Å². The zero-order chi connectivity index (χ0) is 9.97. The highest BCUT2D eigenvalue weighted by Crippen LogP contribution is 2.22. The zero-order valence-corrected chi connectivity index (χ0v) is 7.90. The van der Waals surface area contributed by atoms with Crippen molar-refractivity contribution < 1.29 is 4.79 Å². The fraction of sp³-hybridized carbons (Fsp3) is 0.300. The van der Waals surface area contributed by atoms with Crippen LogP contribution in [0.5, 0.6) is 0 Å². The van der Waals surface area contributed by atoms with E-state index in [2.05, 4.69) is 15.2 Å². The van der Waals surface area contributed by atoms with E-state index in [1.54, 1.807) is 6.20 Å². The van der Waals surface area contributed by atoms with E-state index >= 15 is 0 Å². The van der Waals surface area contributed by atoms with E-state index in [0.29, 0.717) is 6.42 Å². The van der Waals surface area contributed by atoms with E-state index in [1.165, 1.54) is 0 Å². The third-order valence-electron chi connectivity index (χ3n) is 2.28. The van der Waals surface area contributed by atoms with Crippen LogP contribution in [0.2, 0.25) is 0 Å². The molecule has 0 bridgehead atoms. The van der Waals surface area contributed by atoms with Gasteiger partial charge in [-0.25, -0.2) is 4.98 Å². The maximum absolute atomic E-state index is 10.4. The van der Waals surface area contributed by atoms with Crippen molar-refractivity contribution in [2.24, 2.45) is 0 Å². The highest BCUT2D eigenvalue weighted by Gasteiger charge is 2.12. The number of hydrogen-bond donors (Lipinski definition) is 1. The van der Waals surface area contributed by atoms with Crippen molar-refractivity contribution in [3.05, 3.63) is 24.0 Å². The first-order valence-electron chi connectivity index (χ1n) is 4.55. The topological polar surface area (TPSA) is 58.6 Å². The number of fused-ring (bicyclic) bond motifs is 1. The number of aromatic amines is 1. The van der Waals surface area contributed by atoms with E-state index < -0.39 is 0 Å². The van der Waals surface area contributed by atoms with Gasteiger partial charge in [-0.2, -0.15) is 5.10 Å². The standard InChI is InChI=1S/C10H11N3O/c1-7(4-6-14)9-8-3-2-5-11-10(8)13-12-9/h2-3,5-7H,4H2,1H3,(H,11,12,13). The van der Waals surface area contributed by atoms with Crippen molar-refractivity contribution in [2.45, 2.75) is 19.3 Å². The molecule has 4 nitrogen and oxygen atoms in total. The molecule has 14 heavy (non-hydrogen) atoms. The molecule has 0 saturated heterocycles. The van der Waals surface area contributed by atoms with Gasteiger partial charge in [0.25, 0.3) is 0 Å². The smallest absolute Gasteiger partial charge is 0.155 e. The van der Waals surface area contributed by atoms with Crippen molar-refractivity contribution >= 4 is 17.3 Å². The maximum Gasteiger partial charge on any atom is 0.155 e.